The molecule has 16 heavy (non-hydrogen) atoms. The van der Waals surface area contributed by atoms with Gasteiger partial charge in [0.1, 0.15) is 5.75 Å². The van der Waals surface area contributed by atoms with Crippen LogP contribution < -0.4 is 10.5 Å². The van der Waals surface area contributed by atoms with E-state index in [2.05, 4.69) is 24.1 Å². The highest BCUT2D eigenvalue weighted by Gasteiger charge is 1.99. The Labute approximate surface area is 98.2 Å². The van der Waals surface area contributed by atoms with Crippen LogP contribution in [0.2, 0.25) is 0 Å². The van der Waals surface area contributed by atoms with Crippen LogP contribution in [0.25, 0.3) is 0 Å². The van der Waals surface area contributed by atoms with Crippen LogP contribution in [0.1, 0.15) is 12.5 Å². The summed E-state index contributed by atoms with van der Waals surface area (Å²) in [7, 11) is 2.10. The Kier molecular flexibility index (Phi) is 5.90. The molecule has 3 nitrogen and oxygen atoms in total. The third-order valence-electron chi connectivity index (χ3n) is 2.53. The predicted octanol–water partition coefficient (Wildman–Crippen LogP) is 1.52. The Morgan fingerprint density at radius 3 is 2.44 bits per heavy atom. The number of nitrogens with zero attached hydrogens (tertiary/aromatic N) is 1. The molecular formula is C13H22N2O. The zero-order valence-corrected chi connectivity index (χ0v) is 10.3. The molecule has 0 atom stereocenters. The van der Waals surface area contributed by atoms with Crippen LogP contribution in [0.3, 0.4) is 0 Å². The second-order valence-corrected chi connectivity index (χ2v) is 3.92. The first-order valence-corrected chi connectivity index (χ1v) is 5.86. The quantitative estimate of drug-likeness (QED) is 0.760. The zero-order valence-electron chi connectivity index (χ0n) is 10.3. The molecular weight excluding hydrogens is 200 g/mol. The van der Waals surface area contributed by atoms with E-state index in [1.54, 1.807) is 0 Å². The molecule has 0 fully saturated rings. The van der Waals surface area contributed by atoms with Gasteiger partial charge in [-0.25, -0.2) is 0 Å². The van der Waals surface area contributed by atoms with E-state index in [4.69, 9.17) is 10.5 Å². The molecule has 3 heteroatoms. The summed E-state index contributed by atoms with van der Waals surface area (Å²) >= 11 is 0. The number of nitrogens with two attached hydrogens (primary N) is 1. The molecule has 0 amide bonds. The molecule has 0 aliphatic heterocycles. The van der Waals surface area contributed by atoms with Gasteiger partial charge >= 0.3 is 0 Å². The van der Waals surface area contributed by atoms with Crippen molar-refractivity contribution in [3.8, 4) is 5.75 Å². The van der Waals surface area contributed by atoms with E-state index in [1.165, 1.54) is 5.56 Å². The molecule has 0 saturated heterocycles. The number of hydrogen-bond donors (Lipinski definition) is 1. The van der Waals surface area contributed by atoms with E-state index >= 15 is 0 Å². The molecule has 1 aromatic carbocycles. The van der Waals surface area contributed by atoms with Gasteiger partial charge in [-0.3, -0.25) is 0 Å². The highest BCUT2D eigenvalue weighted by Crippen LogP contribution is 2.12. The average Bonchev–Trinajstić information content (AvgIpc) is 2.29. The number of ether oxygens (including phenoxy) is 1. The Morgan fingerprint density at radius 1 is 1.19 bits per heavy atom. The first-order chi connectivity index (χ1) is 7.76. The summed E-state index contributed by atoms with van der Waals surface area (Å²) in [5.41, 5.74) is 6.83. The molecule has 0 aromatic heterocycles. The molecule has 0 bridgehead atoms. The van der Waals surface area contributed by atoms with Gasteiger partial charge in [-0.15, -0.1) is 0 Å². The maximum atomic E-state index is 5.49. The summed E-state index contributed by atoms with van der Waals surface area (Å²) in [6, 6.07) is 8.31. The van der Waals surface area contributed by atoms with Gasteiger partial charge in [0.2, 0.25) is 0 Å². The van der Waals surface area contributed by atoms with E-state index < -0.39 is 0 Å². The van der Waals surface area contributed by atoms with Crippen molar-refractivity contribution < 1.29 is 4.74 Å². The molecule has 0 aliphatic carbocycles. The summed E-state index contributed by atoms with van der Waals surface area (Å²) in [6.45, 7) is 5.44. The second kappa shape index (κ2) is 7.25. The monoisotopic (exact) mass is 222 g/mol. The average molecular weight is 222 g/mol. The van der Waals surface area contributed by atoms with Crippen LogP contribution >= 0.6 is 0 Å². The van der Waals surface area contributed by atoms with E-state index in [9.17, 15) is 0 Å². The van der Waals surface area contributed by atoms with Crippen molar-refractivity contribution in [2.75, 3.05) is 33.3 Å². The van der Waals surface area contributed by atoms with Crippen LogP contribution in [0, 0.1) is 0 Å². The maximum absolute atomic E-state index is 5.49. The van der Waals surface area contributed by atoms with E-state index in [0.29, 0.717) is 0 Å². The number of rotatable bonds is 7. The van der Waals surface area contributed by atoms with Crippen LogP contribution in [0.15, 0.2) is 24.3 Å². The largest absolute Gasteiger partial charge is 0.494 e. The summed E-state index contributed by atoms with van der Waals surface area (Å²) in [5, 5.41) is 0. The lowest BCUT2D eigenvalue weighted by molar-refractivity contribution is 0.339. The fourth-order valence-corrected chi connectivity index (χ4v) is 1.57. The maximum Gasteiger partial charge on any atom is 0.119 e. The molecule has 0 aliphatic rings. The van der Waals surface area contributed by atoms with Gasteiger partial charge in [0.15, 0.2) is 0 Å². The Bertz CT molecular complexity index is 284. The summed E-state index contributed by atoms with van der Waals surface area (Å²) in [5.74, 6) is 0.946. The lowest BCUT2D eigenvalue weighted by atomic mass is 10.1. The van der Waals surface area contributed by atoms with Crippen molar-refractivity contribution in [3.63, 3.8) is 0 Å². The van der Waals surface area contributed by atoms with Gasteiger partial charge < -0.3 is 15.4 Å². The Balaban J connectivity index is 2.37. The van der Waals surface area contributed by atoms with Crippen molar-refractivity contribution in [3.05, 3.63) is 29.8 Å². The van der Waals surface area contributed by atoms with Gasteiger partial charge in [0.05, 0.1) is 6.61 Å². The van der Waals surface area contributed by atoms with E-state index in [0.717, 1.165) is 38.4 Å². The van der Waals surface area contributed by atoms with Crippen molar-refractivity contribution in [1.82, 2.24) is 4.90 Å². The minimum absolute atomic E-state index is 0.721. The molecule has 1 aromatic rings. The first-order valence-electron chi connectivity index (χ1n) is 5.86. The van der Waals surface area contributed by atoms with Crippen LogP contribution in [-0.2, 0) is 6.42 Å². The van der Waals surface area contributed by atoms with Crippen molar-refractivity contribution >= 4 is 0 Å². The topological polar surface area (TPSA) is 38.5 Å². The lowest BCUT2D eigenvalue weighted by Gasteiger charge is -2.15. The van der Waals surface area contributed by atoms with Gasteiger partial charge in [-0.2, -0.15) is 0 Å². The van der Waals surface area contributed by atoms with E-state index in [-0.39, 0.29) is 0 Å². The molecule has 0 radical (unpaired) electrons. The fraction of sp³-hybridized carbons (Fsp3) is 0.538. The Hall–Kier alpha value is -1.06. The smallest absolute Gasteiger partial charge is 0.119 e. The first kappa shape index (κ1) is 13.0. The number of benzene rings is 1. The number of likely N-dealkylation sites (N-methyl/N-ethyl adjacent to an activating group) is 1. The molecule has 0 spiro atoms. The molecule has 2 N–H and O–H groups in total. The molecule has 0 unspecified atom stereocenters. The van der Waals surface area contributed by atoms with Crippen LogP contribution in [-0.4, -0.2) is 38.2 Å². The van der Waals surface area contributed by atoms with Crippen molar-refractivity contribution in [1.29, 1.82) is 0 Å². The van der Waals surface area contributed by atoms with Gasteiger partial charge in [-0.1, -0.05) is 12.1 Å². The second-order valence-electron chi connectivity index (χ2n) is 3.92. The Morgan fingerprint density at radius 2 is 1.88 bits per heavy atom. The fourth-order valence-electron chi connectivity index (χ4n) is 1.57. The summed E-state index contributed by atoms with van der Waals surface area (Å²) in [4.78, 5) is 2.25. The highest BCUT2D eigenvalue weighted by atomic mass is 16.5. The van der Waals surface area contributed by atoms with Gasteiger partial charge in [0, 0.05) is 19.6 Å². The zero-order chi connectivity index (χ0) is 11.8. The standard InChI is InChI=1S/C13H22N2O/c1-3-16-13-6-4-12(5-7-13)8-10-15(2)11-9-14/h4-7H,3,8-11,14H2,1-2H3. The molecule has 90 valence electrons. The van der Waals surface area contributed by atoms with Crippen molar-refractivity contribution in [2.24, 2.45) is 5.73 Å². The summed E-state index contributed by atoms with van der Waals surface area (Å²) in [6.07, 6.45) is 1.06. The molecule has 0 saturated carbocycles. The van der Waals surface area contributed by atoms with Crippen LogP contribution in [0.5, 0.6) is 5.75 Å². The van der Waals surface area contributed by atoms with Crippen molar-refractivity contribution in [2.45, 2.75) is 13.3 Å². The SMILES string of the molecule is CCOc1ccc(CCN(C)CCN)cc1. The van der Waals surface area contributed by atoms with E-state index in [1.807, 2.05) is 19.1 Å². The number of hydrogen-bond acceptors (Lipinski definition) is 3. The van der Waals surface area contributed by atoms with Gasteiger partial charge in [0.25, 0.3) is 0 Å². The summed E-state index contributed by atoms with van der Waals surface area (Å²) < 4.78 is 5.40. The molecule has 1 rings (SSSR count). The third-order valence-corrected chi connectivity index (χ3v) is 2.53. The minimum atomic E-state index is 0.721. The normalized spacial score (nSPS) is 10.8. The van der Waals surface area contributed by atoms with Gasteiger partial charge in [-0.05, 0) is 38.1 Å². The minimum Gasteiger partial charge on any atom is -0.494 e. The highest BCUT2D eigenvalue weighted by molar-refractivity contribution is 5.27. The third kappa shape index (κ3) is 4.64. The lowest BCUT2D eigenvalue weighted by Crippen LogP contribution is -2.27. The van der Waals surface area contributed by atoms with Crippen LogP contribution in [0.4, 0.5) is 0 Å². The molecule has 0 heterocycles. The predicted molar refractivity (Wildman–Crippen MR) is 67.9 cm³/mol.